The molecule has 1 fully saturated rings. The van der Waals surface area contributed by atoms with Gasteiger partial charge < -0.3 is 4.74 Å². The molecule has 0 atom stereocenters. The van der Waals surface area contributed by atoms with Crippen LogP contribution in [0.25, 0.3) is 11.4 Å². The predicted octanol–water partition coefficient (Wildman–Crippen LogP) is 7.25. The van der Waals surface area contributed by atoms with Crippen LogP contribution in [0.4, 0.5) is 0 Å². The first-order valence-corrected chi connectivity index (χ1v) is 11.8. The molecule has 1 aromatic carbocycles. The van der Waals surface area contributed by atoms with E-state index in [4.69, 9.17) is 4.74 Å². The molecule has 0 N–H and O–H groups in total. The van der Waals surface area contributed by atoms with E-state index in [9.17, 15) is 0 Å². The van der Waals surface area contributed by atoms with Crippen LogP contribution in [0, 0.1) is 11.8 Å². The van der Waals surface area contributed by atoms with E-state index in [1.54, 1.807) is 0 Å². The minimum atomic E-state index is 0.796. The normalized spacial score (nSPS) is 19.2. The fraction of sp³-hybridized carbons (Fsp3) is 0.615. The average molecular weight is 395 g/mol. The monoisotopic (exact) mass is 394 g/mol. The molecule has 0 unspecified atom stereocenters. The van der Waals surface area contributed by atoms with E-state index in [0.717, 1.165) is 48.4 Å². The molecule has 0 aliphatic heterocycles. The molecule has 29 heavy (non-hydrogen) atoms. The summed E-state index contributed by atoms with van der Waals surface area (Å²) in [5.74, 6) is 3.60. The molecular weight excluding hydrogens is 356 g/mol. The summed E-state index contributed by atoms with van der Waals surface area (Å²) < 4.78 is 5.83. The van der Waals surface area contributed by atoms with Gasteiger partial charge in [0, 0.05) is 18.0 Å². The van der Waals surface area contributed by atoms with E-state index in [2.05, 4.69) is 35.9 Å². The van der Waals surface area contributed by atoms with Crippen LogP contribution in [-0.2, 0) is 6.42 Å². The summed E-state index contributed by atoms with van der Waals surface area (Å²) in [4.78, 5) is 9.22. The zero-order valence-corrected chi connectivity index (χ0v) is 18.4. The lowest BCUT2D eigenvalue weighted by molar-refractivity contribution is 0.258. The number of rotatable bonds is 11. The summed E-state index contributed by atoms with van der Waals surface area (Å²) in [5.41, 5.74) is 2.31. The highest BCUT2D eigenvalue weighted by molar-refractivity contribution is 5.55. The SMILES string of the molecule is CCCCCCOc1ccc(-c2ncc(CC[C@H]3CC[C@H](CC)CC3)cn2)cc1. The van der Waals surface area contributed by atoms with Gasteiger partial charge in [-0.15, -0.1) is 0 Å². The summed E-state index contributed by atoms with van der Waals surface area (Å²) in [5, 5.41) is 0. The largest absolute Gasteiger partial charge is 0.494 e. The van der Waals surface area contributed by atoms with Crippen LogP contribution in [0.1, 0.15) is 83.6 Å². The van der Waals surface area contributed by atoms with Crippen molar-refractivity contribution in [2.45, 2.75) is 84.5 Å². The zero-order chi connectivity index (χ0) is 20.3. The first kappa shape index (κ1) is 21.8. The van der Waals surface area contributed by atoms with Gasteiger partial charge in [-0.25, -0.2) is 9.97 Å². The van der Waals surface area contributed by atoms with Crippen molar-refractivity contribution >= 4 is 0 Å². The van der Waals surface area contributed by atoms with Crippen molar-refractivity contribution in [3.8, 4) is 17.1 Å². The van der Waals surface area contributed by atoms with Crippen molar-refractivity contribution in [3.05, 3.63) is 42.2 Å². The lowest BCUT2D eigenvalue weighted by atomic mass is 9.79. The van der Waals surface area contributed by atoms with E-state index in [1.165, 1.54) is 63.4 Å². The molecule has 1 aliphatic rings. The molecule has 1 aromatic heterocycles. The van der Waals surface area contributed by atoms with Gasteiger partial charge in [-0.3, -0.25) is 0 Å². The lowest BCUT2D eigenvalue weighted by Gasteiger charge is -2.27. The summed E-state index contributed by atoms with van der Waals surface area (Å²) in [6.07, 6.45) is 18.3. The Morgan fingerprint density at radius 2 is 1.55 bits per heavy atom. The predicted molar refractivity (Wildman–Crippen MR) is 121 cm³/mol. The highest BCUT2D eigenvalue weighted by Gasteiger charge is 2.19. The molecule has 1 heterocycles. The Kier molecular flexibility index (Phi) is 8.98. The standard InChI is InChI=1S/C26H38N2O/c1-3-5-6-7-18-29-25-16-14-24(15-17-25)26-27-19-23(20-28-26)13-12-22-10-8-21(4-2)9-11-22/h14-17,19-22H,3-13,18H2,1-2H3/t21-,22-. The van der Waals surface area contributed by atoms with Crippen LogP contribution >= 0.6 is 0 Å². The number of aromatic nitrogens is 2. The van der Waals surface area contributed by atoms with Crippen LogP contribution in [0.5, 0.6) is 5.75 Å². The van der Waals surface area contributed by atoms with E-state index in [0.29, 0.717) is 0 Å². The number of hydrogen-bond acceptors (Lipinski definition) is 3. The molecule has 0 bridgehead atoms. The Labute approximate surface area is 177 Å². The van der Waals surface area contributed by atoms with E-state index in [-0.39, 0.29) is 0 Å². The minimum Gasteiger partial charge on any atom is -0.494 e. The fourth-order valence-electron chi connectivity index (χ4n) is 4.35. The highest BCUT2D eigenvalue weighted by atomic mass is 16.5. The molecule has 1 aliphatic carbocycles. The Morgan fingerprint density at radius 3 is 2.21 bits per heavy atom. The smallest absolute Gasteiger partial charge is 0.159 e. The Hall–Kier alpha value is -1.90. The highest BCUT2D eigenvalue weighted by Crippen LogP contribution is 2.33. The van der Waals surface area contributed by atoms with Crippen LogP contribution in [-0.4, -0.2) is 16.6 Å². The summed E-state index contributed by atoms with van der Waals surface area (Å²) in [6, 6.07) is 8.17. The first-order chi connectivity index (χ1) is 14.3. The zero-order valence-electron chi connectivity index (χ0n) is 18.4. The van der Waals surface area contributed by atoms with E-state index in [1.807, 2.05) is 24.5 Å². The minimum absolute atomic E-state index is 0.796. The number of benzene rings is 1. The van der Waals surface area contributed by atoms with Crippen molar-refractivity contribution in [2.75, 3.05) is 6.61 Å². The van der Waals surface area contributed by atoms with Gasteiger partial charge in [-0.2, -0.15) is 0 Å². The second-order valence-electron chi connectivity index (χ2n) is 8.68. The van der Waals surface area contributed by atoms with Gasteiger partial charge in [0.05, 0.1) is 6.61 Å². The summed E-state index contributed by atoms with van der Waals surface area (Å²) >= 11 is 0. The molecule has 0 amide bonds. The number of aryl methyl sites for hydroxylation is 1. The second kappa shape index (κ2) is 11.9. The number of unbranched alkanes of at least 4 members (excludes halogenated alkanes) is 3. The molecule has 0 saturated heterocycles. The quantitative estimate of drug-likeness (QED) is 0.376. The third-order valence-electron chi connectivity index (χ3n) is 6.47. The summed E-state index contributed by atoms with van der Waals surface area (Å²) in [7, 11) is 0. The average Bonchev–Trinajstić information content (AvgIpc) is 2.79. The Balaban J connectivity index is 1.43. The van der Waals surface area contributed by atoms with Crippen LogP contribution in [0.3, 0.4) is 0 Å². The summed E-state index contributed by atoms with van der Waals surface area (Å²) in [6.45, 7) is 5.36. The molecule has 1 saturated carbocycles. The molecule has 158 valence electrons. The number of nitrogens with zero attached hydrogens (tertiary/aromatic N) is 2. The molecule has 3 nitrogen and oxygen atoms in total. The van der Waals surface area contributed by atoms with Crippen molar-refractivity contribution in [1.82, 2.24) is 9.97 Å². The van der Waals surface area contributed by atoms with E-state index < -0.39 is 0 Å². The maximum Gasteiger partial charge on any atom is 0.159 e. The van der Waals surface area contributed by atoms with Gasteiger partial charge in [0.1, 0.15) is 5.75 Å². The Bertz CT molecular complexity index is 688. The van der Waals surface area contributed by atoms with Crippen molar-refractivity contribution < 1.29 is 4.74 Å². The first-order valence-electron chi connectivity index (χ1n) is 11.8. The maximum absolute atomic E-state index is 5.83. The number of hydrogen-bond donors (Lipinski definition) is 0. The van der Waals surface area contributed by atoms with Crippen LogP contribution in [0.15, 0.2) is 36.7 Å². The van der Waals surface area contributed by atoms with Gasteiger partial charge in [0.25, 0.3) is 0 Å². The topological polar surface area (TPSA) is 35.0 Å². The van der Waals surface area contributed by atoms with Crippen LogP contribution < -0.4 is 4.74 Å². The third kappa shape index (κ3) is 7.13. The molecule has 3 rings (SSSR count). The molecular formula is C26H38N2O. The molecule has 0 spiro atoms. The number of ether oxygens (including phenoxy) is 1. The molecule has 3 heteroatoms. The fourth-order valence-corrected chi connectivity index (χ4v) is 4.35. The maximum atomic E-state index is 5.83. The molecule has 2 aromatic rings. The lowest BCUT2D eigenvalue weighted by Crippen LogP contribution is -2.14. The van der Waals surface area contributed by atoms with Gasteiger partial charge in [0.15, 0.2) is 5.82 Å². The van der Waals surface area contributed by atoms with Gasteiger partial charge in [-0.1, -0.05) is 65.2 Å². The third-order valence-corrected chi connectivity index (χ3v) is 6.47. The Morgan fingerprint density at radius 1 is 0.862 bits per heavy atom. The van der Waals surface area contributed by atoms with Crippen molar-refractivity contribution in [2.24, 2.45) is 11.8 Å². The van der Waals surface area contributed by atoms with Gasteiger partial charge >= 0.3 is 0 Å². The van der Waals surface area contributed by atoms with Crippen LogP contribution in [0.2, 0.25) is 0 Å². The molecule has 0 radical (unpaired) electrons. The van der Waals surface area contributed by atoms with Gasteiger partial charge in [-0.05, 0) is 60.9 Å². The van der Waals surface area contributed by atoms with Crippen molar-refractivity contribution in [3.63, 3.8) is 0 Å². The second-order valence-corrected chi connectivity index (χ2v) is 8.68. The van der Waals surface area contributed by atoms with Gasteiger partial charge in [0.2, 0.25) is 0 Å². The van der Waals surface area contributed by atoms with E-state index >= 15 is 0 Å². The van der Waals surface area contributed by atoms with Crippen molar-refractivity contribution in [1.29, 1.82) is 0 Å².